The van der Waals surface area contributed by atoms with Crippen LogP contribution in [0.2, 0.25) is 0 Å². The second-order valence-corrected chi connectivity index (χ2v) is 1.66. The minimum absolute atomic E-state index is 0.192. The predicted molar refractivity (Wildman–Crippen MR) is 29.5 cm³/mol. The van der Waals surface area contributed by atoms with Gasteiger partial charge in [0, 0.05) is 0 Å². The third-order valence-electron chi connectivity index (χ3n) is 1.02. The Bertz CT molecular complexity index is 118. The van der Waals surface area contributed by atoms with Gasteiger partial charge in [-0.2, -0.15) is 0 Å². The zero-order chi connectivity index (χ0) is 7.44. The van der Waals surface area contributed by atoms with Crippen LogP contribution in [0.1, 0.15) is 13.3 Å². The van der Waals surface area contributed by atoms with Crippen molar-refractivity contribution >= 4 is 11.9 Å². The van der Waals surface area contributed by atoms with Crippen molar-refractivity contribution in [3.63, 3.8) is 0 Å². The van der Waals surface area contributed by atoms with Crippen molar-refractivity contribution < 1.29 is 14.7 Å². The molecule has 51 valence electrons. The van der Waals surface area contributed by atoms with Gasteiger partial charge in [0.05, 0.1) is 0 Å². The predicted octanol–water partition coefficient (Wildman–Crippen LogP) is -0.0933. The monoisotopic (exact) mass is 130 g/mol. The molecule has 0 saturated heterocycles. The quantitative estimate of drug-likeness (QED) is 0.542. The fraction of sp³-hybridized carbons (Fsp3) is 0.600. The van der Waals surface area contributed by atoms with E-state index in [9.17, 15) is 9.59 Å². The molecular formula is C5H8NO3. The highest BCUT2D eigenvalue weighted by Crippen LogP contribution is 2.00. The van der Waals surface area contributed by atoms with Crippen molar-refractivity contribution in [2.75, 3.05) is 0 Å². The summed E-state index contributed by atoms with van der Waals surface area (Å²) in [4.78, 5) is 20.1. The van der Waals surface area contributed by atoms with E-state index in [2.05, 4.69) is 0 Å². The summed E-state index contributed by atoms with van der Waals surface area (Å²) in [5, 5.41) is 8.20. The molecule has 0 saturated carbocycles. The molecule has 0 heterocycles. The van der Waals surface area contributed by atoms with Gasteiger partial charge >= 0.3 is 5.97 Å². The number of rotatable bonds is 3. The summed E-state index contributed by atoms with van der Waals surface area (Å²) >= 11 is 0. The molecule has 0 rings (SSSR count). The van der Waals surface area contributed by atoms with Gasteiger partial charge < -0.3 is 5.11 Å². The third-order valence-corrected chi connectivity index (χ3v) is 1.02. The van der Waals surface area contributed by atoms with Crippen LogP contribution in [-0.4, -0.2) is 17.0 Å². The van der Waals surface area contributed by atoms with Crippen molar-refractivity contribution in [2.45, 2.75) is 13.3 Å². The van der Waals surface area contributed by atoms with Crippen LogP contribution in [0.5, 0.6) is 0 Å². The molecule has 0 aromatic carbocycles. The van der Waals surface area contributed by atoms with E-state index in [1.165, 1.54) is 0 Å². The Balaban J connectivity index is 3.99. The molecule has 1 radical (unpaired) electrons. The summed E-state index contributed by atoms with van der Waals surface area (Å²) in [6.07, 6.45) is 0.192. The SMILES string of the molecule is CCC(C([NH])=O)C(=O)O. The molecule has 1 unspecified atom stereocenters. The van der Waals surface area contributed by atoms with Crippen molar-refractivity contribution in [2.24, 2.45) is 5.92 Å². The highest BCUT2D eigenvalue weighted by Gasteiger charge is 2.21. The van der Waals surface area contributed by atoms with Gasteiger partial charge in [-0.05, 0) is 6.42 Å². The first kappa shape index (κ1) is 7.94. The second kappa shape index (κ2) is 3.06. The van der Waals surface area contributed by atoms with E-state index in [-0.39, 0.29) is 6.42 Å². The fourth-order valence-corrected chi connectivity index (χ4v) is 0.472. The highest BCUT2D eigenvalue weighted by atomic mass is 16.4. The number of carboxylic acid groups (broad SMARTS) is 1. The molecule has 0 aliphatic rings. The number of carboxylic acids is 1. The first-order valence-corrected chi connectivity index (χ1v) is 2.57. The lowest BCUT2D eigenvalue weighted by atomic mass is 10.1. The van der Waals surface area contributed by atoms with Gasteiger partial charge in [0.15, 0.2) is 0 Å². The van der Waals surface area contributed by atoms with Crippen molar-refractivity contribution in [1.82, 2.24) is 5.73 Å². The Morgan fingerprint density at radius 3 is 2.11 bits per heavy atom. The maximum atomic E-state index is 10.1. The molecular weight excluding hydrogens is 122 g/mol. The lowest BCUT2D eigenvalue weighted by molar-refractivity contribution is -0.146. The number of carbonyl (C=O) groups excluding carboxylic acids is 1. The molecule has 0 fully saturated rings. The molecule has 9 heavy (non-hydrogen) atoms. The van der Waals surface area contributed by atoms with Gasteiger partial charge in [-0.1, -0.05) is 6.92 Å². The van der Waals surface area contributed by atoms with Crippen LogP contribution in [-0.2, 0) is 9.59 Å². The first-order chi connectivity index (χ1) is 4.09. The summed E-state index contributed by atoms with van der Waals surface area (Å²) < 4.78 is 0. The standard InChI is InChI=1S/C5H8NO3/c1-2-3(4(6)7)5(8)9/h3,6H,2H2,1H3,(H,8,9). The molecule has 4 nitrogen and oxygen atoms in total. The molecule has 0 aliphatic heterocycles. The Hall–Kier alpha value is -1.06. The normalized spacial score (nSPS) is 12.6. The Morgan fingerprint density at radius 1 is 1.67 bits per heavy atom. The molecule has 0 bridgehead atoms. The van der Waals surface area contributed by atoms with Gasteiger partial charge in [0.2, 0.25) is 0 Å². The summed E-state index contributed by atoms with van der Waals surface area (Å²) in [6, 6.07) is 0. The smallest absolute Gasteiger partial charge is 0.316 e. The van der Waals surface area contributed by atoms with E-state index in [1.807, 2.05) is 0 Å². The van der Waals surface area contributed by atoms with Gasteiger partial charge in [0.1, 0.15) is 5.92 Å². The van der Waals surface area contributed by atoms with Gasteiger partial charge in [-0.25, -0.2) is 0 Å². The zero-order valence-electron chi connectivity index (χ0n) is 5.05. The summed E-state index contributed by atoms with van der Waals surface area (Å²) in [7, 11) is 0. The largest absolute Gasteiger partial charge is 0.481 e. The van der Waals surface area contributed by atoms with Crippen LogP contribution < -0.4 is 5.73 Å². The fourth-order valence-electron chi connectivity index (χ4n) is 0.472. The number of nitrogens with one attached hydrogen (secondary N) is 1. The van der Waals surface area contributed by atoms with Crippen LogP contribution in [0.25, 0.3) is 0 Å². The van der Waals surface area contributed by atoms with E-state index >= 15 is 0 Å². The van der Waals surface area contributed by atoms with Crippen LogP contribution in [0.4, 0.5) is 0 Å². The van der Waals surface area contributed by atoms with Crippen LogP contribution in [0, 0.1) is 5.92 Å². The van der Waals surface area contributed by atoms with E-state index in [4.69, 9.17) is 10.8 Å². The lowest BCUT2D eigenvalue weighted by Gasteiger charge is -2.00. The Morgan fingerprint density at radius 2 is 2.11 bits per heavy atom. The Kier molecular flexibility index (Phi) is 2.70. The maximum absolute atomic E-state index is 10.1. The number of aliphatic carboxylic acids is 1. The highest BCUT2D eigenvalue weighted by molar-refractivity contribution is 5.95. The Labute approximate surface area is 52.7 Å². The molecule has 0 aromatic heterocycles. The second-order valence-electron chi connectivity index (χ2n) is 1.66. The lowest BCUT2D eigenvalue weighted by Crippen LogP contribution is -2.23. The summed E-state index contributed by atoms with van der Waals surface area (Å²) in [5.74, 6) is -3.37. The average molecular weight is 130 g/mol. The van der Waals surface area contributed by atoms with E-state index in [0.29, 0.717) is 0 Å². The molecule has 0 aliphatic carbocycles. The number of hydrogen-bond acceptors (Lipinski definition) is 2. The van der Waals surface area contributed by atoms with Crippen LogP contribution in [0.15, 0.2) is 0 Å². The third kappa shape index (κ3) is 2.12. The average Bonchev–Trinajstić information content (AvgIpc) is 1.64. The number of carbonyl (C=O) groups is 2. The molecule has 4 heteroatoms. The molecule has 0 aromatic rings. The van der Waals surface area contributed by atoms with Gasteiger partial charge in [-0.3, -0.25) is 15.3 Å². The minimum atomic E-state index is -1.21. The molecule has 1 atom stereocenters. The summed E-state index contributed by atoms with van der Waals surface area (Å²) in [6.45, 7) is 1.56. The van der Waals surface area contributed by atoms with Crippen LogP contribution in [0.3, 0.4) is 0 Å². The molecule has 0 spiro atoms. The number of amides is 1. The molecule has 1 amide bonds. The van der Waals surface area contributed by atoms with E-state index < -0.39 is 17.8 Å². The maximum Gasteiger partial charge on any atom is 0.316 e. The summed E-state index contributed by atoms with van der Waals surface area (Å²) in [5.41, 5.74) is 6.45. The van der Waals surface area contributed by atoms with Gasteiger partial charge in [-0.15, -0.1) is 0 Å². The zero-order valence-corrected chi connectivity index (χ0v) is 5.05. The van der Waals surface area contributed by atoms with Crippen molar-refractivity contribution in [3.8, 4) is 0 Å². The first-order valence-electron chi connectivity index (χ1n) is 2.57. The van der Waals surface area contributed by atoms with E-state index in [0.717, 1.165) is 0 Å². The van der Waals surface area contributed by atoms with Crippen LogP contribution >= 0.6 is 0 Å². The van der Waals surface area contributed by atoms with Gasteiger partial charge in [0.25, 0.3) is 5.91 Å². The van der Waals surface area contributed by atoms with Crippen molar-refractivity contribution in [3.05, 3.63) is 0 Å². The molecule has 2 N–H and O–H groups in total. The van der Waals surface area contributed by atoms with Crippen molar-refractivity contribution in [1.29, 1.82) is 0 Å². The minimum Gasteiger partial charge on any atom is -0.481 e. The van der Waals surface area contributed by atoms with E-state index in [1.54, 1.807) is 6.92 Å². The topological polar surface area (TPSA) is 78.2 Å². The number of hydrogen-bond donors (Lipinski definition) is 1.